The van der Waals surface area contributed by atoms with Gasteiger partial charge < -0.3 is 9.13 Å². The Bertz CT molecular complexity index is 2650. The summed E-state index contributed by atoms with van der Waals surface area (Å²) in [5, 5.41) is 26.7. The molecule has 3 heterocycles. The summed E-state index contributed by atoms with van der Waals surface area (Å²) < 4.78 is 6.69. The Hall–Kier alpha value is -5.88. The summed E-state index contributed by atoms with van der Waals surface area (Å²) in [5.41, 5.74) is 7.70. The standard InChI is InChI=1S/C38H20N4S/c39-21-23-13-15-36-30(17-23)29-9-3-6-12-35(29)42(36)26-18-24(22-40)38-32(20-26)31-19-25(14-16-37(31)43-38)41-33-10-4-1-7-27(33)28-8-2-5-11-34(28)41/h1-20H. The summed E-state index contributed by atoms with van der Waals surface area (Å²) in [4.78, 5) is 0. The van der Waals surface area contributed by atoms with Gasteiger partial charge >= 0.3 is 0 Å². The van der Waals surface area contributed by atoms with Crippen LogP contribution in [0.2, 0.25) is 0 Å². The summed E-state index contributed by atoms with van der Waals surface area (Å²) in [5.74, 6) is 0. The molecular weight excluding hydrogens is 545 g/mol. The third-order valence-electron chi connectivity index (χ3n) is 8.56. The molecule has 0 aliphatic rings. The fourth-order valence-electron chi connectivity index (χ4n) is 6.72. The number of hydrogen-bond acceptors (Lipinski definition) is 3. The van der Waals surface area contributed by atoms with Gasteiger partial charge in [0.15, 0.2) is 0 Å². The average Bonchev–Trinajstić information content (AvgIpc) is 3.71. The van der Waals surface area contributed by atoms with Gasteiger partial charge in [0, 0.05) is 48.4 Å². The molecule has 6 aromatic carbocycles. The largest absolute Gasteiger partial charge is 0.309 e. The molecule has 0 radical (unpaired) electrons. The SMILES string of the molecule is N#Cc1ccc2c(c1)c1ccccc1n2-c1cc(C#N)c2sc3ccc(-n4c5ccccc5c5ccccc54)cc3c2c1. The maximum atomic E-state index is 10.3. The topological polar surface area (TPSA) is 57.4 Å². The van der Waals surface area contributed by atoms with Gasteiger partial charge in [0.25, 0.3) is 0 Å². The van der Waals surface area contributed by atoms with Gasteiger partial charge in [-0.1, -0.05) is 54.6 Å². The van der Waals surface area contributed by atoms with Gasteiger partial charge in [0.05, 0.1) is 44.0 Å². The first kappa shape index (κ1) is 23.8. The third kappa shape index (κ3) is 3.29. The summed E-state index contributed by atoms with van der Waals surface area (Å²) in [6.07, 6.45) is 0. The first-order valence-electron chi connectivity index (χ1n) is 14.1. The lowest BCUT2D eigenvalue weighted by atomic mass is 10.1. The van der Waals surface area contributed by atoms with Crippen molar-refractivity contribution in [3.8, 4) is 23.5 Å². The van der Waals surface area contributed by atoms with Gasteiger partial charge in [-0.25, -0.2) is 0 Å². The van der Waals surface area contributed by atoms with E-state index in [0.29, 0.717) is 11.1 Å². The number of fused-ring (bicyclic) bond motifs is 9. The van der Waals surface area contributed by atoms with E-state index in [1.54, 1.807) is 11.3 Å². The minimum absolute atomic E-state index is 0.630. The van der Waals surface area contributed by atoms with Crippen LogP contribution in [0.15, 0.2) is 121 Å². The number of para-hydroxylation sites is 3. The summed E-state index contributed by atoms with van der Waals surface area (Å²) in [7, 11) is 0. The molecule has 198 valence electrons. The summed E-state index contributed by atoms with van der Waals surface area (Å²) >= 11 is 1.67. The minimum atomic E-state index is 0.630. The number of rotatable bonds is 2. The number of thiophene rings is 1. The van der Waals surface area contributed by atoms with E-state index in [2.05, 4.69) is 106 Å². The Morgan fingerprint density at radius 2 is 1.05 bits per heavy atom. The van der Waals surface area contributed by atoms with Crippen molar-refractivity contribution in [1.29, 1.82) is 10.5 Å². The Kier molecular flexibility index (Phi) is 4.87. The highest BCUT2D eigenvalue weighted by molar-refractivity contribution is 7.26. The van der Waals surface area contributed by atoms with Crippen LogP contribution in [0.5, 0.6) is 0 Å². The van der Waals surface area contributed by atoms with Crippen LogP contribution in [0, 0.1) is 22.7 Å². The number of nitriles is 2. The van der Waals surface area contributed by atoms with Crippen molar-refractivity contribution >= 4 is 75.1 Å². The highest BCUT2D eigenvalue weighted by Gasteiger charge is 2.18. The van der Waals surface area contributed by atoms with Gasteiger partial charge in [-0.2, -0.15) is 10.5 Å². The maximum absolute atomic E-state index is 10.3. The zero-order valence-electron chi connectivity index (χ0n) is 22.7. The van der Waals surface area contributed by atoms with E-state index >= 15 is 0 Å². The Morgan fingerprint density at radius 3 is 1.70 bits per heavy atom. The van der Waals surface area contributed by atoms with Crippen LogP contribution in [0.1, 0.15) is 11.1 Å². The molecule has 0 amide bonds. The number of nitrogens with zero attached hydrogens (tertiary/aromatic N) is 4. The molecule has 5 heteroatoms. The van der Waals surface area contributed by atoms with E-state index in [1.165, 1.54) is 21.8 Å². The van der Waals surface area contributed by atoms with E-state index in [0.717, 1.165) is 53.4 Å². The van der Waals surface area contributed by atoms with E-state index in [4.69, 9.17) is 0 Å². The van der Waals surface area contributed by atoms with Gasteiger partial charge in [-0.15, -0.1) is 11.3 Å². The van der Waals surface area contributed by atoms with Crippen LogP contribution in [-0.2, 0) is 0 Å². The van der Waals surface area contributed by atoms with Crippen LogP contribution in [-0.4, -0.2) is 9.13 Å². The van der Waals surface area contributed by atoms with Gasteiger partial charge in [-0.3, -0.25) is 0 Å². The van der Waals surface area contributed by atoms with Gasteiger partial charge in [-0.05, 0) is 66.7 Å². The molecule has 0 N–H and O–H groups in total. The third-order valence-corrected chi connectivity index (χ3v) is 9.78. The predicted molar refractivity (Wildman–Crippen MR) is 177 cm³/mol. The molecule has 4 nitrogen and oxygen atoms in total. The summed E-state index contributed by atoms with van der Waals surface area (Å²) in [6, 6.07) is 46.8. The zero-order valence-corrected chi connectivity index (χ0v) is 23.6. The van der Waals surface area contributed by atoms with Gasteiger partial charge in [0.1, 0.15) is 6.07 Å². The second-order valence-electron chi connectivity index (χ2n) is 10.8. The number of hydrogen-bond donors (Lipinski definition) is 0. The first-order chi connectivity index (χ1) is 21.2. The summed E-state index contributed by atoms with van der Waals surface area (Å²) in [6.45, 7) is 0. The van der Waals surface area contributed by atoms with E-state index in [1.807, 2.05) is 36.4 Å². The van der Waals surface area contributed by atoms with Crippen LogP contribution >= 0.6 is 11.3 Å². The van der Waals surface area contributed by atoms with Crippen molar-refractivity contribution < 1.29 is 0 Å². The Labute approximate surface area is 250 Å². The Balaban J connectivity index is 1.35. The van der Waals surface area contributed by atoms with Crippen molar-refractivity contribution in [3.05, 3.63) is 132 Å². The molecule has 0 bridgehead atoms. The predicted octanol–water partition coefficient (Wildman–Crippen LogP) is 9.99. The quantitative estimate of drug-likeness (QED) is 0.210. The fraction of sp³-hybridized carbons (Fsp3) is 0. The molecule has 0 unspecified atom stereocenters. The van der Waals surface area contributed by atoms with Crippen molar-refractivity contribution in [2.45, 2.75) is 0 Å². The number of benzene rings is 6. The molecule has 0 fully saturated rings. The second-order valence-corrected chi connectivity index (χ2v) is 11.9. The molecule has 0 aliphatic carbocycles. The highest BCUT2D eigenvalue weighted by atomic mass is 32.1. The maximum Gasteiger partial charge on any atom is 0.101 e. The normalized spacial score (nSPS) is 11.7. The molecular formula is C38H20N4S. The second kappa shape index (κ2) is 8.81. The number of aromatic nitrogens is 2. The van der Waals surface area contributed by atoms with Crippen molar-refractivity contribution in [1.82, 2.24) is 9.13 Å². The lowest BCUT2D eigenvalue weighted by Gasteiger charge is -2.10. The molecule has 43 heavy (non-hydrogen) atoms. The molecule has 0 saturated heterocycles. The lowest BCUT2D eigenvalue weighted by Crippen LogP contribution is -1.95. The van der Waals surface area contributed by atoms with E-state index < -0.39 is 0 Å². The van der Waals surface area contributed by atoms with Crippen molar-refractivity contribution in [2.75, 3.05) is 0 Å². The molecule has 0 saturated carbocycles. The molecule has 9 rings (SSSR count). The fourth-order valence-corrected chi connectivity index (χ4v) is 7.85. The Morgan fingerprint density at radius 1 is 0.465 bits per heavy atom. The lowest BCUT2D eigenvalue weighted by molar-refractivity contribution is 1.18. The van der Waals surface area contributed by atoms with Crippen LogP contribution in [0.25, 0.3) is 75.2 Å². The van der Waals surface area contributed by atoms with Crippen molar-refractivity contribution in [2.24, 2.45) is 0 Å². The monoisotopic (exact) mass is 564 g/mol. The zero-order chi connectivity index (χ0) is 28.7. The molecule has 9 aromatic rings. The first-order valence-corrected chi connectivity index (χ1v) is 14.9. The minimum Gasteiger partial charge on any atom is -0.309 e. The average molecular weight is 565 g/mol. The van der Waals surface area contributed by atoms with Crippen LogP contribution in [0.3, 0.4) is 0 Å². The molecule has 3 aromatic heterocycles. The van der Waals surface area contributed by atoms with Crippen LogP contribution < -0.4 is 0 Å². The molecule has 0 atom stereocenters. The highest BCUT2D eigenvalue weighted by Crippen LogP contribution is 2.41. The van der Waals surface area contributed by atoms with E-state index in [9.17, 15) is 10.5 Å². The van der Waals surface area contributed by atoms with Gasteiger partial charge in [0.2, 0.25) is 0 Å². The van der Waals surface area contributed by atoms with E-state index in [-0.39, 0.29) is 0 Å². The van der Waals surface area contributed by atoms with Crippen molar-refractivity contribution in [3.63, 3.8) is 0 Å². The molecule has 0 spiro atoms. The smallest absolute Gasteiger partial charge is 0.101 e. The molecule has 0 aliphatic heterocycles. The van der Waals surface area contributed by atoms with Crippen LogP contribution in [0.4, 0.5) is 0 Å².